The van der Waals surface area contributed by atoms with Crippen LogP contribution in [0.25, 0.3) is 0 Å². The summed E-state index contributed by atoms with van der Waals surface area (Å²) in [6.07, 6.45) is 1.07. The van der Waals surface area contributed by atoms with Gasteiger partial charge < -0.3 is 25.2 Å². The summed E-state index contributed by atoms with van der Waals surface area (Å²) in [5.41, 5.74) is 0.206. The number of guanidine groups is 1. The van der Waals surface area contributed by atoms with E-state index in [2.05, 4.69) is 60.4 Å². The van der Waals surface area contributed by atoms with Crippen molar-refractivity contribution in [1.29, 1.82) is 0 Å². The standard InChI is InChI=1S/C16H37N5O.HI/c1-16(2,14-20(4)5)13-19-15(17-3)18-9-11-21(6)10-8-12-22-7;/h8-14H2,1-7H3,(H2,17,18,19);1H. The number of likely N-dealkylation sites (N-methyl/N-ethyl adjacent to an activating group) is 1. The Morgan fingerprint density at radius 3 is 2.30 bits per heavy atom. The van der Waals surface area contributed by atoms with Crippen LogP contribution in [-0.4, -0.2) is 90.4 Å². The lowest BCUT2D eigenvalue weighted by molar-refractivity contribution is 0.180. The fourth-order valence-electron chi connectivity index (χ4n) is 2.41. The number of nitrogens with one attached hydrogen (secondary N) is 2. The lowest BCUT2D eigenvalue weighted by Crippen LogP contribution is -2.46. The monoisotopic (exact) mass is 443 g/mol. The van der Waals surface area contributed by atoms with Gasteiger partial charge in [0.1, 0.15) is 0 Å². The van der Waals surface area contributed by atoms with Gasteiger partial charge in [-0.15, -0.1) is 24.0 Å². The van der Waals surface area contributed by atoms with Gasteiger partial charge in [0, 0.05) is 53.5 Å². The van der Waals surface area contributed by atoms with Crippen molar-refractivity contribution >= 4 is 29.9 Å². The first-order valence-electron chi connectivity index (χ1n) is 8.07. The van der Waals surface area contributed by atoms with Crippen molar-refractivity contribution in [3.63, 3.8) is 0 Å². The Kier molecular flexibility index (Phi) is 15.6. The van der Waals surface area contributed by atoms with Crippen LogP contribution in [0, 0.1) is 5.41 Å². The second-order valence-electron chi connectivity index (χ2n) is 6.90. The summed E-state index contributed by atoms with van der Waals surface area (Å²) in [4.78, 5) is 8.80. The fourth-order valence-corrected chi connectivity index (χ4v) is 2.41. The van der Waals surface area contributed by atoms with E-state index in [9.17, 15) is 0 Å². The minimum absolute atomic E-state index is 0. The van der Waals surface area contributed by atoms with Gasteiger partial charge in [0.05, 0.1) is 0 Å². The Bertz CT molecular complexity index is 311. The number of aliphatic imine (C=N–C) groups is 1. The number of rotatable bonds is 11. The molecule has 0 heterocycles. The molecule has 0 unspecified atom stereocenters. The number of hydrogen-bond donors (Lipinski definition) is 2. The Labute approximate surface area is 160 Å². The van der Waals surface area contributed by atoms with Crippen LogP contribution in [0.15, 0.2) is 4.99 Å². The highest BCUT2D eigenvalue weighted by molar-refractivity contribution is 14.0. The molecule has 0 aromatic rings. The van der Waals surface area contributed by atoms with Crippen molar-refractivity contribution in [2.24, 2.45) is 10.4 Å². The van der Waals surface area contributed by atoms with E-state index in [0.29, 0.717) is 0 Å². The molecule has 0 atom stereocenters. The highest BCUT2D eigenvalue weighted by Crippen LogP contribution is 2.13. The molecule has 0 bridgehead atoms. The van der Waals surface area contributed by atoms with Crippen molar-refractivity contribution in [1.82, 2.24) is 20.4 Å². The van der Waals surface area contributed by atoms with E-state index in [4.69, 9.17) is 4.74 Å². The minimum Gasteiger partial charge on any atom is -0.385 e. The van der Waals surface area contributed by atoms with Gasteiger partial charge >= 0.3 is 0 Å². The van der Waals surface area contributed by atoms with Gasteiger partial charge in [0.15, 0.2) is 5.96 Å². The number of halogens is 1. The Balaban J connectivity index is 0. The molecule has 7 heteroatoms. The van der Waals surface area contributed by atoms with E-state index in [1.165, 1.54) is 0 Å². The maximum absolute atomic E-state index is 5.07. The van der Waals surface area contributed by atoms with Gasteiger partial charge in [-0.05, 0) is 33.0 Å². The Hall–Kier alpha value is -0.120. The number of nitrogens with zero attached hydrogens (tertiary/aromatic N) is 3. The average molecular weight is 443 g/mol. The predicted octanol–water partition coefficient (Wildman–Crippen LogP) is 1.33. The molecule has 0 rings (SSSR count). The molecular formula is C16H38IN5O. The van der Waals surface area contributed by atoms with Crippen molar-refractivity contribution in [2.45, 2.75) is 20.3 Å². The van der Waals surface area contributed by atoms with Crippen LogP contribution in [0.2, 0.25) is 0 Å². The highest BCUT2D eigenvalue weighted by atomic mass is 127. The molecule has 0 aromatic carbocycles. The first-order chi connectivity index (χ1) is 10.3. The van der Waals surface area contributed by atoms with Crippen molar-refractivity contribution in [2.75, 3.05) is 74.6 Å². The SMILES string of the molecule is CN=C(NCCN(C)CCCOC)NCC(C)(C)CN(C)C.I. The third kappa shape index (κ3) is 15.2. The van der Waals surface area contributed by atoms with E-state index >= 15 is 0 Å². The normalized spacial score (nSPS) is 12.5. The molecule has 0 saturated heterocycles. The van der Waals surface area contributed by atoms with E-state index in [1.807, 2.05) is 7.05 Å². The molecule has 0 fully saturated rings. The fraction of sp³-hybridized carbons (Fsp3) is 0.938. The molecule has 0 spiro atoms. The van der Waals surface area contributed by atoms with Gasteiger partial charge in [-0.25, -0.2) is 0 Å². The van der Waals surface area contributed by atoms with Crippen LogP contribution in [0.3, 0.4) is 0 Å². The van der Waals surface area contributed by atoms with Gasteiger partial charge in [0.25, 0.3) is 0 Å². The van der Waals surface area contributed by atoms with Gasteiger partial charge in [-0.3, -0.25) is 4.99 Å². The lowest BCUT2D eigenvalue weighted by Gasteiger charge is -2.29. The van der Waals surface area contributed by atoms with E-state index < -0.39 is 0 Å². The second-order valence-corrected chi connectivity index (χ2v) is 6.90. The van der Waals surface area contributed by atoms with Crippen LogP contribution in [0.1, 0.15) is 20.3 Å². The van der Waals surface area contributed by atoms with Gasteiger partial charge in [-0.2, -0.15) is 0 Å². The van der Waals surface area contributed by atoms with E-state index in [0.717, 1.165) is 51.7 Å². The number of methoxy groups -OCH3 is 1. The maximum atomic E-state index is 5.07. The quantitative estimate of drug-likeness (QED) is 0.219. The smallest absolute Gasteiger partial charge is 0.191 e. The zero-order valence-corrected chi connectivity index (χ0v) is 18.4. The first kappa shape index (κ1) is 25.1. The molecule has 140 valence electrons. The predicted molar refractivity (Wildman–Crippen MR) is 111 cm³/mol. The van der Waals surface area contributed by atoms with Crippen LogP contribution in [0.5, 0.6) is 0 Å². The molecule has 0 radical (unpaired) electrons. The molecule has 0 aliphatic carbocycles. The largest absolute Gasteiger partial charge is 0.385 e. The summed E-state index contributed by atoms with van der Waals surface area (Å²) in [5.74, 6) is 0.872. The molecule has 6 nitrogen and oxygen atoms in total. The van der Waals surface area contributed by atoms with Crippen LogP contribution >= 0.6 is 24.0 Å². The summed E-state index contributed by atoms with van der Waals surface area (Å²) in [5, 5.41) is 6.78. The molecule has 2 N–H and O–H groups in total. The second kappa shape index (κ2) is 14.2. The van der Waals surface area contributed by atoms with E-state index in [1.54, 1.807) is 7.11 Å². The molecular weight excluding hydrogens is 405 g/mol. The summed E-state index contributed by atoms with van der Waals surface area (Å²) in [6.45, 7) is 10.2. The van der Waals surface area contributed by atoms with Crippen molar-refractivity contribution < 1.29 is 4.74 Å². The molecule has 0 aliphatic rings. The van der Waals surface area contributed by atoms with Crippen molar-refractivity contribution in [3.8, 4) is 0 Å². The molecule has 0 saturated carbocycles. The average Bonchev–Trinajstić information content (AvgIpc) is 2.41. The zero-order valence-electron chi connectivity index (χ0n) is 16.1. The number of ether oxygens (including phenoxy) is 1. The lowest BCUT2D eigenvalue weighted by atomic mass is 9.93. The topological polar surface area (TPSA) is 52.1 Å². The highest BCUT2D eigenvalue weighted by Gasteiger charge is 2.19. The van der Waals surface area contributed by atoms with Crippen LogP contribution < -0.4 is 10.6 Å². The first-order valence-corrected chi connectivity index (χ1v) is 8.07. The number of hydrogen-bond acceptors (Lipinski definition) is 4. The third-order valence-electron chi connectivity index (χ3n) is 3.38. The molecule has 0 amide bonds. The molecule has 0 aromatic heterocycles. The van der Waals surface area contributed by atoms with Crippen LogP contribution in [0.4, 0.5) is 0 Å². The Morgan fingerprint density at radius 2 is 1.78 bits per heavy atom. The Morgan fingerprint density at radius 1 is 1.13 bits per heavy atom. The van der Waals surface area contributed by atoms with Crippen molar-refractivity contribution in [3.05, 3.63) is 0 Å². The molecule has 0 aliphatic heterocycles. The third-order valence-corrected chi connectivity index (χ3v) is 3.38. The molecule has 23 heavy (non-hydrogen) atoms. The maximum Gasteiger partial charge on any atom is 0.191 e. The van der Waals surface area contributed by atoms with Gasteiger partial charge in [0.2, 0.25) is 0 Å². The van der Waals surface area contributed by atoms with Crippen LogP contribution in [-0.2, 0) is 4.74 Å². The summed E-state index contributed by atoms with van der Waals surface area (Å²) in [6, 6.07) is 0. The van der Waals surface area contributed by atoms with Gasteiger partial charge in [-0.1, -0.05) is 13.8 Å². The summed E-state index contributed by atoms with van der Waals surface area (Å²) in [7, 11) is 9.90. The van der Waals surface area contributed by atoms with E-state index in [-0.39, 0.29) is 29.4 Å². The zero-order chi connectivity index (χ0) is 17.0. The summed E-state index contributed by atoms with van der Waals surface area (Å²) >= 11 is 0. The summed E-state index contributed by atoms with van der Waals surface area (Å²) < 4.78 is 5.07. The minimum atomic E-state index is 0.